The summed E-state index contributed by atoms with van der Waals surface area (Å²) in [5.74, 6) is 0.477. The quantitative estimate of drug-likeness (QED) is 0.798. The molecule has 104 valence electrons. The second-order valence-corrected chi connectivity index (χ2v) is 4.38. The molecule has 6 nitrogen and oxygen atoms in total. The van der Waals surface area contributed by atoms with E-state index >= 15 is 0 Å². The zero-order valence-electron chi connectivity index (χ0n) is 10.9. The van der Waals surface area contributed by atoms with E-state index in [1.165, 1.54) is 19.1 Å². The molecule has 1 amide bonds. The normalized spacial score (nSPS) is 22.4. The number of hydrogen-bond acceptors (Lipinski definition) is 5. The number of ether oxygens (including phenoxy) is 2. The predicted molar refractivity (Wildman–Crippen MR) is 67.5 cm³/mol. The molecular formula is C13H17NO5. The number of carbonyl (C=O) groups excluding carboxylic acids is 1. The van der Waals surface area contributed by atoms with Gasteiger partial charge in [0, 0.05) is 13.1 Å². The molecule has 0 bridgehead atoms. The van der Waals surface area contributed by atoms with Crippen molar-refractivity contribution in [1.82, 2.24) is 4.90 Å². The fourth-order valence-corrected chi connectivity index (χ4v) is 2.16. The molecule has 1 heterocycles. The summed E-state index contributed by atoms with van der Waals surface area (Å²) in [7, 11) is 2.94. The van der Waals surface area contributed by atoms with Gasteiger partial charge in [-0.25, -0.2) is 0 Å². The third-order valence-electron chi connectivity index (χ3n) is 3.19. The number of methoxy groups -OCH3 is 2. The van der Waals surface area contributed by atoms with E-state index in [-0.39, 0.29) is 19.0 Å². The van der Waals surface area contributed by atoms with Gasteiger partial charge in [-0.1, -0.05) is 6.07 Å². The molecule has 2 unspecified atom stereocenters. The zero-order valence-corrected chi connectivity index (χ0v) is 10.9. The third kappa shape index (κ3) is 2.50. The van der Waals surface area contributed by atoms with Crippen molar-refractivity contribution in [3.63, 3.8) is 0 Å². The summed E-state index contributed by atoms with van der Waals surface area (Å²) in [6.07, 6.45) is -1.82. The number of β-amino-alcohol motifs (C(OH)–C–C–N with tert-alkyl or cyclic N) is 2. The lowest BCUT2D eigenvalue weighted by atomic mass is 10.1. The van der Waals surface area contributed by atoms with Gasteiger partial charge in [0.15, 0.2) is 0 Å². The number of nitrogens with zero attached hydrogens (tertiary/aromatic N) is 1. The maximum absolute atomic E-state index is 12.4. The molecule has 0 aromatic heterocycles. The summed E-state index contributed by atoms with van der Waals surface area (Å²) in [6, 6.07) is 5.06. The molecule has 0 spiro atoms. The van der Waals surface area contributed by atoms with Crippen LogP contribution in [0.5, 0.6) is 11.5 Å². The molecule has 1 saturated heterocycles. The molecule has 0 aliphatic carbocycles. The summed E-state index contributed by atoms with van der Waals surface area (Å²) in [5.41, 5.74) is 0.300. The molecular weight excluding hydrogens is 250 g/mol. The van der Waals surface area contributed by atoms with Gasteiger partial charge in [0.05, 0.1) is 26.4 Å². The Labute approximate surface area is 111 Å². The Morgan fingerprint density at radius 2 is 1.63 bits per heavy atom. The van der Waals surface area contributed by atoms with Crippen molar-refractivity contribution in [2.75, 3.05) is 27.3 Å². The fourth-order valence-electron chi connectivity index (χ4n) is 2.16. The number of hydrogen-bond donors (Lipinski definition) is 2. The fraction of sp³-hybridized carbons (Fsp3) is 0.462. The minimum atomic E-state index is -0.912. The van der Waals surface area contributed by atoms with Crippen LogP contribution in [0.15, 0.2) is 18.2 Å². The first-order valence-corrected chi connectivity index (χ1v) is 5.95. The van der Waals surface area contributed by atoms with E-state index in [1.807, 2.05) is 0 Å². The van der Waals surface area contributed by atoms with Gasteiger partial charge in [-0.2, -0.15) is 0 Å². The predicted octanol–water partition coefficient (Wildman–Crippen LogP) is -0.119. The zero-order chi connectivity index (χ0) is 14.0. The second kappa shape index (κ2) is 5.46. The Hall–Kier alpha value is -1.79. The molecule has 0 radical (unpaired) electrons. The van der Waals surface area contributed by atoms with Crippen molar-refractivity contribution < 1.29 is 24.5 Å². The summed E-state index contributed by atoms with van der Waals surface area (Å²) in [4.78, 5) is 13.8. The summed E-state index contributed by atoms with van der Waals surface area (Å²) < 4.78 is 10.3. The van der Waals surface area contributed by atoms with Gasteiger partial charge in [-0.3, -0.25) is 4.79 Å². The molecule has 1 fully saturated rings. The van der Waals surface area contributed by atoms with Gasteiger partial charge in [0.25, 0.3) is 5.91 Å². The highest BCUT2D eigenvalue weighted by Crippen LogP contribution is 2.30. The molecule has 1 aliphatic heterocycles. The molecule has 19 heavy (non-hydrogen) atoms. The Balaban J connectivity index is 2.33. The van der Waals surface area contributed by atoms with E-state index in [0.29, 0.717) is 17.1 Å². The van der Waals surface area contributed by atoms with E-state index in [9.17, 15) is 15.0 Å². The molecule has 1 aliphatic rings. The van der Waals surface area contributed by atoms with Gasteiger partial charge < -0.3 is 24.6 Å². The SMILES string of the molecule is COc1cccc(OC)c1C(=O)N1CC(O)C(O)C1. The van der Waals surface area contributed by atoms with Crippen LogP contribution in [0.1, 0.15) is 10.4 Å². The highest BCUT2D eigenvalue weighted by Gasteiger charge is 2.35. The van der Waals surface area contributed by atoms with Crippen molar-refractivity contribution >= 4 is 5.91 Å². The number of rotatable bonds is 3. The number of carbonyl (C=O) groups is 1. The average molecular weight is 267 g/mol. The summed E-state index contributed by atoms with van der Waals surface area (Å²) in [5, 5.41) is 19.0. The van der Waals surface area contributed by atoms with Crippen molar-refractivity contribution in [3.8, 4) is 11.5 Å². The highest BCUT2D eigenvalue weighted by molar-refractivity contribution is 6.00. The molecule has 2 N–H and O–H groups in total. The first-order chi connectivity index (χ1) is 9.08. The maximum Gasteiger partial charge on any atom is 0.261 e. The minimum absolute atomic E-state index is 0.0984. The molecule has 2 atom stereocenters. The lowest BCUT2D eigenvalue weighted by Crippen LogP contribution is -2.30. The Morgan fingerprint density at radius 1 is 1.16 bits per heavy atom. The van der Waals surface area contributed by atoms with Crippen LogP contribution >= 0.6 is 0 Å². The van der Waals surface area contributed by atoms with Gasteiger partial charge in [0.1, 0.15) is 17.1 Å². The first kappa shape index (κ1) is 13.6. The van der Waals surface area contributed by atoms with E-state index in [4.69, 9.17) is 9.47 Å². The van der Waals surface area contributed by atoms with Crippen LogP contribution in [0.25, 0.3) is 0 Å². The molecule has 1 aromatic rings. The van der Waals surface area contributed by atoms with Crippen LogP contribution in [0.3, 0.4) is 0 Å². The molecule has 1 aromatic carbocycles. The summed E-state index contributed by atoms with van der Waals surface area (Å²) >= 11 is 0. The monoisotopic (exact) mass is 267 g/mol. The highest BCUT2D eigenvalue weighted by atomic mass is 16.5. The van der Waals surface area contributed by atoms with Crippen LogP contribution < -0.4 is 9.47 Å². The lowest BCUT2D eigenvalue weighted by molar-refractivity contribution is 0.0572. The van der Waals surface area contributed by atoms with Crippen LogP contribution in [-0.2, 0) is 0 Å². The number of likely N-dealkylation sites (tertiary alicyclic amines) is 1. The van der Waals surface area contributed by atoms with Crippen molar-refractivity contribution in [2.24, 2.45) is 0 Å². The summed E-state index contributed by atoms with van der Waals surface area (Å²) in [6.45, 7) is 0.197. The molecule has 2 rings (SSSR count). The lowest BCUT2D eigenvalue weighted by Gasteiger charge is -2.19. The van der Waals surface area contributed by atoms with E-state index in [2.05, 4.69) is 0 Å². The standard InChI is InChI=1S/C13H17NO5/c1-18-10-4-3-5-11(19-2)12(10)13(17)14-6-8(15)9(16)7-14/h3-5,8-9,15-16H,6-7H2,1-2H3. The Bertz CT molecular complexity index is 444. The van der Waals surface area contributed by atoms with Crippen molar-refractivity contribution in [3.05, 3.63) is 23.8 Å². The number of aliphatic hydroxyl groups excluding tert-OH is 2. The number of benzene rings is 1. The van der Waals surface area contributed by atoms with E-state index in [0.717, 1.165) is 0 Å². The Morgan fingerprint density at radius 3 is 2.05 bits per heavy atom. The largest absolute Gasteiger partial charge is 0.496 e. The average Bonchev–Trinajstić information content (AvgIpc) is 2.76. The molecule has 0 saturated carbocycles. The van der Waals surface area contributed by atoms with Crippen molar-refractivity contribution in [2.45, 2.75) is 12.2 Å². The van der Waals surface area contributed by atoms with Crippen LogP contribution in [0.4, 0.5) is 0 Å². The van der Waals surface area contributed by atoms with Crippen molar-refractivity contribution in [1.29, 1.82) is 0 Å². The minimum Gasteiger partial charge on any atom is -0.496 e. The third-order valence-corrected chi connectivity index (χ3v) is 3.19. The topological polar surface area (TPSA) is 79.2 Å². The van der Waals surface area contributed by atoms with Gasteiger partial charge in [0.2, 0.25) is 0 Å². The smallest absolute Gasteiger partial charge is 0.261 e. The first-order valence-electron chi connectivity index (χ1n) is 5.95. The van der Waals surface area contributed by atoms with Crippen LogP contribution in [0.2, 0.25) is 0 Å². The van der Waals surface area contributed by atoms with Gasteiger partial charge in [-0.05, 0) is 12.1 Å². The van der Waals surface area contributed by atoms with Gasteiger partial charge >= 0.3 is 0 Å². The second-order valence-electron chi connectivity index (χ2n) is 4.38. The number of aliphatic hydroxyl groups is 2. The van der Waals surface area contributed by atoms with Crippen LogP contribution in [0, 0.1) is 0 Å². The van der Waals surface area contributed by atoms with E-state index in [1.54, 1.807) is 18.2 Å². The number of amides is 1. The maximum atomic E-state index is 12.4. The Kier molecular flexibility index (Phi) is 3.92. The van der Waals surface area contributed by atoms with E-state index < -0.39 is 12.2 Å². The van der Waals surface area contributed by atoms with Gasteiger partial charge in [-0.15, -0.1) is 0 Å². The van der Waals surface area contributed by atoms with Crippen LogP contribution in [-0.4, -0.2) is 60.5 Å². The molecule has 6 heteroatoms.